The Balaban J connectivity index is 1.75. The van der Waals surface area contributed by atoms with Gasteiger partial charge in [0.15, 0.2) is 0 Å². The second-order valence-electron chi connectivity index (χ2n) is 5.84. The average molecular weight is 347 g/mol. The van der Waals surface area contributed by atoms with Crippen LogP contribution in [0, 0.1) is 11.8 Å². The number of ether oxygens (including phenoxy) is 2. The molecule has 0 heterocycles. The molecule has 0 radical (unpaired) electrons. The lowest BCUT2D eigenvalue weighted by atomic mass is 9.95. The first-order valence-corrected chi connectivity index (χ1v) is 8.56. The van der Waals surface area contributed by atoms with E-state index in [4.69, 9.17) is 13.7 Å². The second-order valence-corrected chi connectivity index (χ2v) is 6.50. The number of hydrogen-bond donors (Lipinski definition) is 2. The summed E-state index contributed by atoms with van der Waals surface area (Å²) in [6.07, 6.45) is 0.762. The van der Waals surface area contributed by atoms with Crippen LogP contribution < -0.4 is 5.32 Å². The number of esters is 1. The van der Waals surface area contributed by atoms with E-state index < -0.39 is 35.3 Å². The van der Waals surface area contributed by atoms with Crippen LogP contribution in [0.25, 0.3) is 0 Å². The Bertz CT molecular complexity index is 551. The fourth-order valence-corrected chi connectivity index (χ4v) is 3.67. The highest BCUT2D eigenvalue weighted by atomic mass is 32.2. The van der Waals surface area contributed by atoms with E-state index >= 15 is 0 Å². The van der Waals surface area contributed by atoms with Crippen molar-refractivity contribution in [3.05, 3.63) is 12.2 Å². The highest BCUT2D eigenvalue weighted by Gasteiger charge is 2.51. The molecule has 1 N–H and O–H groups in total. The minimum absolute atomic E-state index is 0.00383. The Morgan fingerprint density at radius 3 is 2.48 bits per heavy atom. The van der Waals surface area contributed by atoms with Gasteiger partial charge in [-0.05, 0) is 38.0 Å². The molecule has 0 aromatic rings. The van der Waals surface area contributed by atoms with Gasteiger partial charge in [-0.25, -0.2) is 18.0 Å². The zero-order valence-corrected chi connectivity index (χ0v) is 13.8. The maximum absolute atomic E-state index is 11.8. The number of rotatable bonds is 7. The van der Waals surface area contributed by atoms with Crippen molar-refractivity contribution in [1.82, 2.24) is 5.32 Å². The van der Waals surface area contributed by atoms with Crippen molar-refractivity contribution >= 4 is 23.0 Å². The lowest BCUT2D eigenvalue weighted by molar-refractivity contribution is -0.138. The van der Waals surface area contributed by atoms with Crippen LogP contribution in [0.5, 0.6) is 0 Å². The van der Waals surface area contributed by atoms with Crippen LogP contribution in [0.2, 0.25) is 0 Å². The van der Waals surface area contributed by atoms with Crippen LogP contribution in [0.4, 0.5) is 4.79 Å². The summed E-state index contributed by atoms with van der Waals surface area (Å²) in [5.41, 5.74) is 0.279. The smallest absolute Gasteiger partial charge is 0.407 e. The molecule has 9 heteroatoms. The first-order valence-electron chi connectivity index (χ1n) is 7.46. The Kier molecular flexibility index (Phi) is 6.00. The lowest BCUT2D eigenvalue weighted by Gasteiger charge is -2.28. The third-order valence-electron chi connectivity index (χ3n) is 4.17. The van der Waals surface area contributed by atoms with Gasteiger partial charge in [-0.2, -0.15) is 0 Å². The predicted molar refractivity (Wildman–Crippen MR) is 80.1 cm³/mol. The van der Waals surface area contributed by atoms with E-state index in [1.807, 2.05) is 0 Å². The number of nitrogens with one attached hydrogen (secondary N) is 1. The molecule has 0 aromatic heterocycles. The standard InChI is InChI=1S/C14H21NO7S/c1-8(2)13(16)20-6-5-15-14(17)21-11-9-3-4-10(7-9)12(11)22-23(18)19/h9-12,23H,1,3-7H2,2H3,(H,15,17). The molecule has 2 fully saturated rings. The Morgan fingerprint density at radius 1 is 1.22 bits per heavy atom. The van der Waals surface area contributed by atoms with E-state index in [-0.39, 0.29) is 30.6 Å². The molecular formula is C14H21NO7S. The van der Waals surface area contributed by atoms with Crippen LogP contribution in [0.3, 0.4) is 0 Å². The van der Waals surface area contributed by atoms with E-state index in [1.165, 1.54) is 6.92 Å². The minimum Gasteiger partial charge on any atom is -0.460 e. The molecule has 4 atom stereocenters. The summed E-state index contributed by atoms with van der Waals surface area (Å²) in [5, 5.41) is 2.46. The predicted octanol–water partition coefficient (Wildman–Crippen LogP) is 0.542. The van der Waals surface area contributed by atoms with Crippen molar-refractivity contribution in [3.8, 4) is 0 Å². The summed E-state index contributed by atoms with van der Waals surface area (Å²) in [6, 6.07) is 0. The molecule has 1 amide bonds. The number of carbonyl (C=O) groups excluding carboxylic acids is 2. The largest absolute Gasteiger partial charge is 0.460 e. The van der Waals surface area contributed by atoms with Gasteiger partial charge in [0.05, 0.1) is 6.54 Å². The summed E-state index contributed by atoms with van der Waals surface area (Å²) in [6.45, 7) is 5.07. The van der Waals surface area contributed by atoms with E-state index in [1.54, 1.807) is 0 Å². The monoisotopic (exact) mass is 347 g/mol. The first kappa shape index (κ1) is 17.7. The Labute approximate surface area is 136 Å². The summed E-state index contributed by atoms with van der Waals surface area (Å²) in [5.74, 6) is -0.282. The molecule has 0 saturated heterocycles. The molecule has 2 aliphatic carbocycles. The molecule has 2 saturated carbocycles. The highest BCUT2D eigenvalue weighted by molar-refractivity contribution is 7.67. The number of thiol groups is 1. The van der Waals surface area contributed by atoms with Crippen LogP contribution >= 0.6 is 0 Å². The van der Waals surface area contributed by atoms with Crippen LogP contribution in [-0.2, 0) is 29.4 Å². The quantitative estimate of drug-likeness (QED) is 0.299. The molecule has 0 aromatic carbocycles. The van der Waals surface area contributed by atoms with E-state index in [0.717, 1.165) is 19.3 Å². The molecule has 0 aliphatic heterocycles. The minimum atomic E-state index is -2.98. The van der Waals surface area contributed by atoms with Gasteiger partial charge >= 0.3 is 12.1 Å². The van der Waals surface area contributed by atoms with Gasteiger partial charge in [-0.15, -0.1) is 0 Å². The summed E-state index contributed by atoms with van der Waals surface area (Å²) < 4.78 is 36.6. The molecule has 0 spiro atoms. The Hall–Kier alpha value is -1.61. The summed E-state index contributed by atoms with van der Waals surface area (Å²) in [7, 11) is -2.98. The molecule has 2 bridgehead atoms. The van der Waals surface area contributed by atoms with Crippen molar-refractivity contribution in [2.24, 2.45) is 11.8 Å². The number of amides is 1. The van der Waals surface area contributed by atoms with Crippen molar-refractivity contribution in [1.29, 1.82) is 0 Å². The van der Waals surface area contributed by atoms with Gasteiger partial charge in [0, 0.05) is 5.57 Å². The molecule has 4 unspecified atom stereocenters. The number of carbonyl (C=O) groups is 2. The summed E-state index contributed by atoms with van der Waals surface area (Å²) in [4.78, 5) is 22.9. The van der Waals surface area contributed by atoms with E-state index in [0.29, 0.717) is 0 Å². The van der Waals surface area contributed by atoms with E-state index in [9.17, 15) is 18.0 Å². The zero-order chi connectivity index (χ0) is 17.0. The lowest BCUT2D eigenvalue weighted by Crippen LogP contribution is -2.41. The van der Waals surface area contributed by atoms with Gasteiger partial charge in [-0.3, -0.25) is 4.18 Å². The van der Waals surface area contributed by atoms with Crippen LogP contribution in [0.15, 0.2) is 12.2 Å². The van der Waals surface area contributed by atoms with E-state index in [2.05, 4.69) is 11.9 Å². The van der Waals surface area contributed by atoms with Crippen molar-refractivity contribution in [2.75, 3.05) is 13.2 Å². The maximum atomic E-state index is 11.8. The summed E-state index contributed by atoms with van der Waals surface area (Å²) >= 11 is 0. The number of alkyl carbamates (subject to hydrolysis) is 1. The number of hydrogen-bond acceptors (Lipinski definition) is 7. The van der Waals surface area contributed by atoms with Gasteiger partial charge in [0.25, 0.3) is 11.0 Å². The van der Waals surface area contributed by atoms with Crippen molar-refractivity contribution in [2.45, 2.75) is 38.4 Å². The number of fused-ring (bicyclic) bond motifs is 2. The third kappa shape index (κ3) is 4.68. The molecular weight excluding hydrogens is 326 g/mol. The van der Waals surface area contributed by atoms with Crippen LogP contribution in [0.1, 0.15) is 26.2 Å². The second kappa shape index (κ2) is 7.78. The fourth-order valence-electron chi connectivity index (χ4n) is 3.18. The molecule has 8 nitrogen and oxygen atoms in total. The average Bonchev–Trinajstić information content (AvgIpc) is 3.06. The van der Waals surface area contributed by atoms with Gasteiger partial charge < -0.3 is 14.8 Å². The SMILES string of the molecule is C=C(C)C(=O)OCCNC(=O)OC1C2CCC(C2)C1O[SH](=O)=O. The van der Waals surface area contributed by atoms with Gasteiger partial charge in [-0.1, -0.05) is 6.58 Å². The maximum Gasteiger partial charge on any atom is 0.407 e. The fraction of sp³-hybridized carbons (Fsp3) is 0.714. The van der Waals surface area contributed by atoms with Crippen molar-refractivity contribution < 1.29 is 31.7 Å². The third-order valence-corrected chi connectivity index (χ3v) is 4.59. The highest BCUT2D eigenvalue weighted by Crippen LogP contribution is 2.47. The Morgan fingerprint density at radius 2 is 1.87 bits per heavy atom. The molecule has 23 heavy (non-hydrogen) atoms. The topological polar surface area (TPSA) is 108 Å². The zero-order valence-electron chi connectivity index (χ0n) is 12.9. The molecule has 2 rings (SSSR count). The van der Waals surface area contributed by atoms with Crippen molar-refractivity contribution in [3.63, 3.8) is 0 Å². The van der Waals surface area contributed by atoms with Gasteiger partial charge in [0.1, 0.15) is 18.8 Å². The molecule has 130 valence electrons. The van der Waals surface area contributed by atoms with Crippen LogP contribution in [-0.4, -0.2) is 45.8 Å². The molecule has 2 aliphatic rings. The normalized spacial score (nSPS) is 28.6. The first-order chi connectivity index (χ1) is 10.9. The van der Waals surface area contributed by atoms with Gasteiger partial charge in [0.2, 0.25) is 0 Å².